The molecule has 1 fully saturated rings. The van der Waals surface area contributed by atoms with E-state index in [2.05, 4.69) is 20.6 Å². The van der Waals surface area contributed by atoms with Gasteiger partial charge in [-0.25, -0.2) is 9.97 Å². The molecule has 0 radical (unpaired) electrons. The van der Waals surface area contributed by atoms with Crippen LogP contribution in [-0.2, 0) is 9.53 Å². The van der Waals surface area contributed by atoms with Gasteiger partial charge in [-0.15, -0.1) is 0 Å². The minimum absolute atomic E-state index is 0.0672. The van der Waals surface area contributed by atoms with Crippen LogP contribution in [-0.4, -0.2) is 45.6 Å². The standard InChI is InChI=1S/C17H21N5O3/c1-2-16(23)21-12-5-6-15(18-8-12)22-10-14(20-11-22)17(24)19-9-13-4-3-7-25-13/h5-6,8,10-11,13H,2-4,7,9H2,1H3,(H,19,24)(H,21,23). The lowest BCUT2D eigenvalue weighted by Gasteiger charge is -2.09. The zero-order valence-electron chi connectivity index (χ0n) is 14.1. The molecule has 0 aliphatic carbocycles. The fourth-order valence-electron chi connectivity index (χ4n) is 2.53. The largest absolute Gasteiger partial charge is 0.376 e. The minimum Gasteiger partial charge on any atom is -0.376 e. The molecule has 0 spiro atoms. The van der Waals surface area contributed by atoms with Crippen LogP contribution >= 0.6 is 0 Å². The summed E-state index contributed by atoms with van der Waals surface area (Å²) < 4.78 is 7.14. The van der Waals surface area contributed by atoms with E-state index in [4.69, 9.17) is 4.74 Å². The van der Waals surface area contributed by atoms with Crippen molar-refractivity contribution < 1.29 is 14.3 Å². The Hall–Kier alpha value is -2.74. The molecule has 8 heteroatoms. The molecule has 1 aliphatic heterocycles. The van der Waals surface area contributed by atoms with Crippen LogP contribution in [0, 0.1) is 0 Å². The molecule has 0 aromatic carbocycles. The Kier molecular flexibility index (Phi) is 5.39. The zero-order chi connectivity index (χ0) is 17.6. The van der Waals surface area contributed by atoms with Gasteiger partial charge in [0.25, 0.3) is 5.91 Å². The van der Waals surface area contributed by atoms with Gasteiger partial charge in [-0.3, -0.25) is 14.2 Å². The van der Waals surface area contributed by atoms with Gasteiger partial charge in [0.1, 0.15) is 17.8 Å². The fraction of sp³-hybridized carbons (Fsp3) is 0.412. The van der Waals surface area contributed by atoms with E-state index in [-0.39, 0.29) is 17.9 Å². The number of carbonyl (C=O) groups is 2. The van der Waals surface area contributed by atoms with Crippen molar-refractivity contribution in [1.82, 2.24) is 19.9 Å². The quantitative estimate of drug-likeness (QED) is 0.829. The van der Waals surface area contributed by atoms with Crippen molar-refractivity contribution >= 4 is 17.5 Å². The molecule has 8 nitrogen and oxygen atoms in total. The average Bonchev–Trinajstić information content (AvgIpc) is 3.32. The SMILES string of the molecule is CCC(=O)Nc1ccc(-n2cnc(C(=O)NCC3CCCO3)c2)nc1. The molecule has 2 amide bonds. The molecule has 1 aliphatic rings. The molecule has 132 valence electrons. The molecule has 2 N–H and O–H groups in total. The molecule has 1 unspecified atom stereocenters. The molecular formula is C17H21N5O3. The maximum Gasteiger partial charge on any atom is 0.271 e. The number of pyridine rings is 1. The maximum atomic E-state index is 12.1. The van der Waals surface area contributed by atoms with Crippen molar-refractivity contribution in [2.24, 2.45) is 0 Å². The Morgan fingerprint density at radius 3 is 2.92 bits per heavy atom. The molecular weight excluding hydrogens is 322 g/mol. The number of amides is 2. The van der Waals surface area contributed by atoms with Crippen LogP contribution in [0.4, 0.5) is 5.69 Å². The summed E-state index contributed by atoms with van der Waals surface area (Å²) >= 11 is 0. The monoisotopic (exact) mass is 343 g/mol. The Morgan fingerprint density at radius 2 is 2.24 bits per heavy atom. The van der Waals surface area contributed by atoms with Crippen LogP contribution in [0.15, 0.2) is 30.9 Å². The highest BCUT2D eigenvalue weighted by Crippen LogP contribution is 2.12. The molecule has 3 heterocycles. The van der Waals surface area contributed by atoms with E-state index in [1.165, 1.54) is 6.33 Å². The smallest absolute Gasteiger partial charge is 0.271 e. The van der Waals surface area contributed by atoms with Crippen LogP contribution in [0.3, 0.4) is 0 Å². The van der Waals surface area contributed by atoms with Gasteiger partial charge in [0.05, 0.1) is 18.0 Å². The topological polar surface area (TPSA) is 98.1 Å². The summed E-state index contributed by atoms with van der Waals surface area (Å²) in [5.74, 6) is 0.309. The number of carbonyl (C=O) groups excluding carboxylic acids is 2. The number of anilines is 1. The summed E-state index contributed by atoms with van der Waals surface area (Å²) in [6.45, 7) is 3.04. The molecule has 0 bridgehead atoms. The van der Waals surface area contributed by atoms with Crippen LogP contribution in [0.2, 0.25) is 0 Å². The van der Waals surface area contributed by atoms with Crippen molar-refractivity contribution in [1.29, 1.82) is 0 Å². The third-order valence-corrected chi connectivity index (χ3v) is 3.95. The lowest BCUT2D eigenvalue weighted by Crippen LogP contribution is -2.31. The first-order chi connectivity index (χ1) is 12.2. The molecule has 2 aromatic heterocycles. The van der Waals surface area contributed by atoms with Gasteiger partial charge in [-0.1, -0.05) is 6.92 Å². The Balaban J connectivity index is 1.60. The lowest BCUT2D eigenvalue weighted by molar-refractivity contribution is -0.115. The van der Waals surface area contributed by atoms with E-state index in [0.29, 0.717) is 30.2 Å². The van der Waals surface area contributed by atoms with Crippen molar-refractivity contribution in [3.8, 4) is 5.82 Å². The van der Waals surface area contributed by atoms with E-state index < -0.39 is 0 Å². The van der Waals surface area contributed by atoms with Crippen molar-refractivity contribution in [3.63, 3.8) is 0 Å². The number of aromatic nitrogens is 3. The van der Waals surface area contributed by atoms with Crippen LogP contribution in [0.25, 0.3) is 5.82 Å². The first-order valence-electron chi connectivity index (χ1n) is 8.35. The molecule has 0 saturated carbocycles. The van der Waals surface area contributed by atoms with Crippen LogP contribution < -0.4 is 10.6 Å². The second kappa shape index (κ2) is 7.89. The highest BCUT2D eigenvalue weighted by molar-refractivity contribution is 5.92. The summed E-state index contributed by atoms with van der Waals surface area (Å²) in [6, 6.07) is 3.51. The number of ether oxygens (including phenoxy) is 1. The average molecular weight is 343 g/mol. The van der Waals surface area contributed by atoms with E-state index in [1.807, 2.05) is 0 Å². The summed E-state index contributed by atoms with van der Waals surface area (Å²) in [4.78, 5) is 31.9. The molecule has 25 heavy (non-hydrogen) atoms. The van der Waals surface area contributed by atoms with E-state index >= 15 is 0 Å². The first kappa shape index (κ1) is 17.1. The van der Waals surface area contributed by atoms with Gasteiger partial charge < -0.3 is 15.4 Å². The molecule has 3 rings (SSSR count). The predicted octanol–water partition coefficient (Wildman–Crippen LogP) is 1.52. The minimum atomic E-state index is -0.235. The number of imidazole rings is 1. The maximum absolute atomic E-state index is 12.1. The first-order valence-corrected chi connectivity index (χ1v) is 8.35. The predicted molar refractivity (Wildman–Crippen MR) is 91.6 cm³/mol. The van der Waals surface area contributed by atoms with Gasteiger partial charge in [0.2, 0.25) is 5.91 Å². The second-order valence-electron chi connectivity index (χ2n) is 5.82. The zero-order valence-corrected chi connectivity index (χ0v) is 14.1. The van der Waals surface area contributed by atoms with Crippen LogP contribution in [0.5, 0.6) is 0 Å². The number of hydrogen-bond acceptors (Lipinski definition) is 5. The number of hydrogen-bond donors (Lipinski definition) is 2. The highest BCUT2D eigenvalue weighted by atomic mass is 16.5. The number of rotatable bonds is 6. The normalized spacial score (nSPS) is 16.6. The third kappa shape index (κ3) is 4.42. The molecule has 2 aromatic rings. The van der Waals surface area contributed by atoms with Gasteiger partial charge in [0.15, 0.2) is 0 Å². The van der Waals surface area contributed by atoms with Crippen molar-refractivity contribution in [3.05, 3.63) is 36.5 Å². The van der Waals surface area contributed by atoms with E-state index in [9.17, 15) is 9.59 Å². The Morgan fingerprint density at radius 1 is 1.36 bits per heavy atom. The summed E-state index contributed by atoms with van der Waals surface area (Å²) in [5, 5.41) is 5.57. The second-order valence-corrected chi connectivity index (χ2v) is 5.82. The van der Waals surface area contributed by atoms with Gasteiger partial charge in [-0.05, 0) is 25.0 Å². The molecule has 1 saturated heterocycles. The van der Waals surface area contributed by atoms with Gasteiger partial charge >= 0.3 is 0 Å². The lowest BCUT2D eigenvalue weighted by atomic mass is 10.2. The Bertz CT molecular complexity index is 735. The van der Waals surface area contributed by atoms with Crippen molar-refractivity contribution in [2.75, 3.05) is 18.5 Å². The summed E-state index contributed by atoms with van der Waals surface area (Å²) in [6.07, 6.45) is 7.24. The summed E-state index contributed by atoms with van der Waals surface area (Å²) in [5.41, 5.74) is 0.952. The van der Waals surface area contributed by atoms with E-state index in [0.717, 1.165) is 19.4 Å². The van der Waals surface area contributed by atoms with E-state index in [1.54, 1.807) is 36.0 Å². The highest BCUT2D eigenvalue weighted by Gasteiger charge is 2.17. The van der Waals surface area contributed by atoms with Crippen LogP contribution in [0.1, 0.15) is 36.7 Å². The third-order valence-electron chi connectivity index (χ3n) is 3.95. The van der Waals surface area contributed by atoms with Gasteiger partial charge in [-0.2, -0.15) is 0 Å². The van der Waals surface area contributed by atoms with Gasteiger partial charge in [0, 0.05) is 25.8 Å². The number of nitrogens with one attached hydrogen (secondary N) is 2. The number of nitrogens with zero attached hydrogens (tertiary/aromatic N) is 3. The fourth-order valence-corrected chi connectivity index (χ4v) is 2.53. The molecule has 1 atom stereocenters. The summed E-state index contributed by atoms with van der Waals surface area (Å²) in [7, 11) is 0. The Labute approximate surface area is 145 Å². The van der Waals surface area contributed by atoms with Crippen molar-refractivity contribution in [2.45, 2.75) is 32.3 Å².